The molecule has 0 aliphatic carbocycles. The van der Waals surface area contributed by atoms with Gasteiger partial charge in [-0.3, -0.25) is 0 Å². The third-order valence-electron chi connectivity index (χ3n) is 2.62. The second-order valence-corrected chi connectivity index (χ2v) is 5.51. The standard InChI is InChI=1S/C14H15ClN2S/c15-11-6-7-12(16)14(8-11)18-9-13(17)10-4-2-1-3-5-10/h1-8,13H,9,16-17H2. The van der Waals surface area contributed by atoms with Crippen LogP contribution in [0.3, 0.4) is 0 Å². The first-order valence-electron chi connectivity index (χ1n) is 5.65. The minimum atomic E-state index is -0.00502. The lowest BCUT2D eigenvalue weighted by Gasteiger charge is -2.12. The topological polar surface area (TPSA) is 52.0 Å². The van der Waals surface area contributed by atoms with Gasteiger partial charge in [-0.05, 0) is 23.8 Å². The average molecular weight is 279 g/mol. The second kappa shape index (κ2) is 6.14. The highest BCUT2D eigenvalue weighted by Crippen LogP contribution is 2.30. The number of rotatable bonds is 4. The van der Waals surface area contributed by atoms with E-state index in [1.165, 1.54) is 0 Å². The van der Waals surface area contributed by atoms with Crippen LogP contribution < -0.4 is 11.5 Å². The molecule has 18 heavy (non-hydrogen) atoms. The number of anilines is 1. The first kappa shape index (κ1) is 13.3. The molecule has 0 bridgehead atoms. The van der Waals surface area contributed by atoms with E-state index in [0.717, 1.165) is 21.9 Å². The third kappa shape index (κ3) is 3.42. The van der Waals surface area contributed by atoms with Crippen LogP contribution in [-0.2, 0) is 0 Å². The molecule has 0 spiro atoms. The lowest BCUT2D eigenvalue weighted by atomic mass is 10.1. The van der Waals surface area contributed by atoms with Crippen molar-refractivity contribution in [2.75, 3.05) is 11.5 Å². The Balaban J connectivity index is 2.01. The molecule has 1 atom stereocenters. The summed E-state index contributed by atoms with van der Waals surface area (Å²) in [6, 6.07) is 15.5. The SMILES string of the molecule is Nc1ccc(Cl)cc1SCC(N)c1ccccc1. The molecule has 0 radical (unpaired) electrons. The van der Waals surface area contributed by atoms with Crippen LogP contribution in [0.4, 0.5) is 5.69 Å². The molecule has 2 aromatic rings. The molecule has 2 aromatic carbocycles. The zero-order valence-corrected chi connectivity index (χ0v) is 11.4. The van der Waals surface area contributed by atoms with Crippen LogP contribution in [0.25, 0.3) is 0 Å². The van der Waals surface area contributed by atoms with Gasteiger partial charge in [0.25, 0.3) is 0 Å². The largest absolute Gasteiger partial charge is 0.398 e. The molecular weight excluding hydrogens is 264 g/mol. The van der Waals surface area contributed by atoms with E-state index in [9.17, 15) is 0 Å². The Kier molecular flexibility index (Phi) is 4.53. The summed E-state index contributed by atoms with van der Waals surface area (Å²) in [4.78, 5) is 0.980. The van der Waals surface area contributed by atoms with Crippen LogP contribution in [0.15, 0.2) is 53.4 Å². The number of nitrogens with two attached hydrogens (primary N) is 2. The number of hydrogen-bond acceptors (Lipinski definition) is 3. The Bertz CT molecular complexity index is 516. The van der Waals surface area contributed by atoms with Crippen molar-refractivity contribution in [3.05, 3.63) is 59.1 Å². The van der Waals surface area contributed by atoms with Crippen molar-refractivity contribution in [1.82, 2.24) is 0 Å². The van der Waals surface area contributed by atoms with Gasteiger partial charge in [-0.15, -0.1) is 11.8 Å². The molecular formula is C14H15ClN2S. The Morgan fingerprint density at radius 2 is 1.83 bits per heavy atom. The first-order chi connectivity index (χ1) is 8.66. The van der Waals surface area contributed by atoms with Gasteiger partial charge in [0.05, 0.1) is 0 Å². The van der Waals surface area contributed by atoms with Crippen molar-refractivity contribution in [2.24, 2.45) is 5.73 Å². The normalized spacial score (nSPS) is 12.3. The van der Waals surface area contributed by atoms with Crippen LogP contribution in [-0.4, -0.2) is 5.75 Å². The van der Waals surface area contributed by atoms with Gasteiger partial charge in [-0.25, -0.2) is 0 Å². The van der Waals surface area contributed by atoms with Crippen LogP contribution in [0.5, 0.6) is 0 Å². The molecule has 0 aliphatic heterocycles. The minimum Gasteiger partial charge on any atom is -0.398 e. The molecule has 0 aliphatic rings. The van der Waals surface area contributed by atoms with Crippen LogP contribution in [0.1, 0.15) is 11.6 Å². The van der Waals surface area contributed by atoms with Gasteiger partial charge in [0.2, 0.25) is 0 Å². The predicted octanol–water partition coefficient (Wildman–Crippen LogP) is 3.71. The van der Waals surface area contributed by atoms with Gasteiger partial charge in [0.1, 0.15) is 0 Å². The molecule has 0 saturated carbocycles. The van der Waals surface area contributed by atoms with E-state index in [1.807, 2.05) is 42.5 Å². The maximum Gasteiger partial charge on any atom is 0.0453 e. The van der Waals surface area contributed by atoms with Crippen molar-refractivity contribution in [3.8, 4) is 0 Å². The number of halogens is 1. The summed E-state index contributed by atoms with van der Waals surface area (Å²) in [5.74, 6) is 0.772. The van der Waals surface area contributed by atoms with E-state index in [1.54, 1.807) is 17.8 Å². The summed E-state index contributed by atoms with van der Waals surface area (Å²) in [6.07, 6.45) is 0. The number of nitrogen functional groups attached to an aromatic ring is 1. The Hall–Kier alpha value is -1.16. The first-order valence-corrected chi connectivity index (χ1v) is 7.01. The maximum absolute atomic E-state index is 6.14. The molecule has 94 valence electrons. The molecule has 2 rings (SSSR count). The van der Waals surface area contributed by atoms with Crippen molar-refractivity contribution >= 4 is 29.1 Å². The molecule has 0 saturated heterocycles. The van der Waals surface area contributed by atoms with E-state index < -0.39 is 0 Å². The summed E-state index contributed by atoms with van der Waals surface area (Å²) in [5.41, 5.74) is 13.9. The van der Waals surface area contributed by atoms with E-state index in [4.69, 9.17) is 23.1 Å². The van der Waals surface area contributed by atoms with Crippen molar-refractivity contribution in [2.45, 2.75) is 10.9 Å². The fourth-order valence-corrected chi connectivity index (χ4v) is 2.84. The summed E-state index contributed by atoms with van der Waals surface area (Å²) >= 11 is 7.58. The van der Waals surface area contributed by atoms with Gasteiger partial charge < -0.3 is 11.5 Å². The van der Waals surface area contributed by atoms with Gasteiger partial charge in [-0.1, -0.05) is 41.9 Å². The Labute approximate surface area is 116 Å². The molecule has 0 aromatic heterocycles. The quantitative estimate of drug-likeness (QED) is 0.662. The van der Waals surface area contributed by atoms with Crippen molar-refractivity contribution in [3.63, 3.8) is 0 Å². The predicted molar refractivity (Wildman–Crippen MR) is 80.0 cm³/mol. The Morgan fingerprint density at radius 1 is 1.11 bits per heavy atom. The van der Waals surface area contributed by atoms with Crippen LogP contribution in [0, 0.1) is 0 Å². The molecule has 1 unspecified atom stereocenters. The van der Waals surface area contributed by atoms with E-state index in [2.05, 4.69) is 0 Å². The van der Waals surface area contributed by atoms with Gasteiger partial charge in [-0.2, -0.15) is 0 Å². The fourth-order valence-electron chi connectivity index (χ4n) is 1.61. The Morgan fingerprint density at radius 3 is 2.56 bits per heavy atom. The second-order valence-electron chi connectivity index (χ2n) is 4.01. The van der Waals surface area contributed by atoms with Crippen LogP contribution in [0.2, 0.25) is 5.02 Å². The monoisotopic (exact) mass is 278 g/mol. The zero-order chi connectivity index (χ0) is 13.0. The zero-order valence-electron chi connectivity index (χ0n) is 9.84. The average Bonchev–Trinajstić information content (AvgIpc) is 2.40. The highest BCUT2D eigenvalue weighted by atomic mass is 35.5. The van der Waals surface area contributed by atoms with E-state index in [0.29, 0.717) is 5.02 Å². The minimum absolute atomic E-state index is 0.00502. The smallest absolute Gasteiger partial charge is 0.0453 e. The number of benzene rings is 2. The highest BCUT2D eigenvalue weighted by Gasteiger charge is 2.08. The third-order valence-corrected chi connectivity index (χ3v) is 4.05. The van der Waals surface area contributed by atoms with E-state index >= 15 is 0 Å². The summed E-state index contributed by atoms with van der Waals surface area (Å²) < 4.78 is 0. The lowest BCUT2D eigenvalue weighted by molar-refractivity contribution is 0.831. The van der Waals surface area contributed by atoms with Crippen LogP contribution >= 0.6 is 23.4 Å². The van der Waals surface area contributed by atoms with Gasteiger partial charge in [0, 0.05) is 27.4 Å². The highest BCUT2D eigenvalue weighted by molar-refractivity contribution is 7.99. The molecule has 0 amide bonds. The maximum atomic E-state index is 6.14. The van der Waals surface area contributed by atoms with Crippen molar-refractivity contribution < 1.29 is 0 Å². The molecule has 4 N–H and O–H groups in total. The lowest BCUT2D eigenvalue weighted by Crippen LogP contribution is -2.12. The fraction of sp³-hybridized carbons (Fsp3) is 0.143. The number of hydrogen-bond donors (Lipinski definition) is 2. The summed E-state index contributed by atoms with van der Waals surface area (Å²) in [6.45, 7) is 0. The molecule has 0 fully saturated rings. The summed E-state index contributed by atoms with van der Waals surface area (Å²) in [7, 11) is 0. The van der Waals surface area contributed by atoms with E-state index in [-0.39, 0.29) is 6.04 Å². The van der Waals surface area contributed by atoms with Gasteiger partial charge >= 0.3 is 0 Å². The van der Waals surface area contributed by atoms with Crippen molar-refractivity contribution in [1.29, 1.82) is 0 Å². The van der Waals surface area contributed by atoms with Gasteiger partial charge in [0.15, 0.2) is 0 Å². The molecule has 2 nitrogen and oxygen atoms in total. The molecule has 4 heteroatoms. The summed E-state index contributed by atoms with van der Waals surface area (Å²) in [5, 5.41) is 0.694. The number of thioether (sulfide) groups is 1. The molecule has 0 heterocycles.